The Bertz CT molecular complexity index is 499. The van der Waals surface area contributed by atoms with Gasteiger partial charge in [-0.1, -0.05) is 0 Å². The number of aliphatic hydroxyl groups is 1. The van der Waals surface area contributed by atoms with Crippen molar-refractivity contribution in [1.29, 1.82) is 0 Å². The van der Waals surface area contributed by atoms with Crippen molar-refractivity contribution in [1.82, 2.24) is 5.32 Å². The molecule has 1 amide bonds. The van der Waals surface area contributed by atoms with Crippen LogP contribution in [0.5, 0.6) is 0 Å². The standard InChI is InChI=1S/C12H12FNO5/c1-6(15)14-9(11(17)12(18)19)10(16)7-2-4-8(13)5-3-7/h2-5,9,11,17H,1H3,(H,14,15)(H,18,19). The number of Topliss-reactive ketones (excluding diaryl/α,β-unsaturated/α-hetero) is 1. The van der Waals surface area contributed by atoms with Gasteiger partial charge in [-0.15, -0.1) is 0 Å². The molecule has 19 heavy (non-hydrogen) atoms. The number of carbonyl (C=O) groups is 3. The first kappa shape index (κ1) is 14.8. The lowest BCUT2D eigenvalue weighted by Gasteiger charge is -2.19. The van der Waals surface area contributed by atoms with E-state index in [1.807, 2.05) is 0 Å². The van der Waals surface area contributed by atoms with E-state index in [1.54, 1.807) is 0 Å². The van der Waals surface area contributed by atoms with Crippen LogP contribution in [0.25, 0.3) is 0 Å². The lowest BCUT2D eigenvalue weighted by atomic mass is 9.99. The van der Waals surface area contributed by atoms with Crippen LogP contribution >= 0.6 is 0 Å². The van der Waals surface area contributed by atoms with E-state index in [2.05, 4.69) is 5.32 Å². The summed E-state index contributed by atoms with van der Waals surface area (Å²) in [6, 6.07) is 2.69. The fourth-order valence-electron chi connectivity index (χ4n) is 1.44. The summed E-state index contributed by atoms with van der Waals surface area (Å²) in [4.78, 5) is 33.6. The number of carboxylic acids is 1. The number of ketones is 1. The maximum Gasteiger partial charge on any atom is 0.335 e. The van der Waals surface area contributed by atoms with Gasteiger partial charge in [0, 0.05) is 12.5 Å². The third-order valence-corrected chi connectivity index (χ3v) is 2.34. The van der Waals surface area contributed by atoms with Gasteiger partial charge in [-0.2, -0.15) is 0 Å². The molecule has 0 saturated heterocycles. The summed E-state index contributed by atoms with van der Waals surface area (Å²) in [5.41, 5.74) is -0.0135. The van der Waals surface area contributed by atoms with Gasteiger partial charge in [0.05, 0.1) is 0 Å². The summed E-state index contributed by atoms with van der Waals surface area (Å²) in [6.45, 7) is 1.08. The summed E-state index contributed by atoms with van der Waals surface area (Å²) in [5, 5.41) is 20.2. The number of rotatable bonds is 5. The Morgan fingerprint density at radius 3 is 2.16 bits per heavy atom. The molecule has 3 N–H and O–H groups in total. The molecule has 0 aromatic heterocycles. The van der Waals surface area contributed by atoms with Crippen molar-refractivity contribution in [2.75, 3.05) is 0 Å². The smallest absolute Gasteiger partial charge is 0.335 e. The molecule has 0 aliphatic rings. The average Bonchev–Trinajstić information content (AvgIpc) is 2.35. The van der Waals surface area contributed by atoms with Crippen LogP contribution in [0.2, 0.25) is 0 Å². The van der Waals surface area contributed by atoms with Crippen LogP contribution < -0.4 is 5.32 Å². The van der Waals surface area contributed by atoms with Crippen LogP contribution in [0.4, 0.5) is 4.39 Å². The highest BCUT2D eigenvalue weighted by Gasteiger charge is 2.33. The Hall–Kier alpha value is -2.28. The predicted molar refractivity (Wildman–Crippen MR) is 62.0 cm³/mol. The molecule has 0 aliphatic heterocycles. The summed E-state index contributed by atoms with van der Waals surface area (Å²) >= 11 is 0. The topological polar surface area (TPSA) is 104 Å². The second-order valence-corrected chi connectivity index (χ2v) is 3.83. The molecule has 6 nitrogen and oxygen atoms in total. The molecular weight excluding hydrogens is 257 g/mol. The van der Waals surface area contributed by atoms with Crippen molar-refractivity contribution in [3.8, 4) is 0 Å². The molecule has 0 bridgehead atoms. The highest BCUT2D eigenvalue weighted by Crippen LogP contribution is 2.09. The summed E-state index contributed by atoms with van der Waals surface area (Å²) < 4.78 is 12.7. The van der Waals surface area contributed by atoms with Crippen LogP contribution in [0.15, 0.2) is 24.3 Å². The van der Waals surface area contributed by atoms with Gasteiger partial charge in [0.1, 0.15) is 11.9 Å². The summed E-state index contributed by atoms with van der Waals surface area (Å²) in [5.74, 6) is -3.69. The van der Waals surface area contributed by atoms with Gasteiger partial charge in [0.15, 0.2) is 11.9 Å². The van der Waals surface area contributed by atoms with Crippen LogP contribution in [0.1, 0.15) is 17.3 Å². The molecule has 7 heteroatoms. The summed E-state index contributed by atoms with van der Waals surface area (Å²) in [7, 11) is 0. The Morgan fingerprint density at radius 1 is 1.21 bits per heavy atom. The van der Waals surface area contributed by atoms with Gasteiger partial charge in [-0.05, 0) is 24.3 Å². The van der Waals surface area contributed by atoms with Crippen molar-refractivity contribution < 1.29 is 29.0 Å². The summed E-state index contributed by atoms with van der Waals surface area (Å²) in [6.07, 6.45) is -2.08. The van der Waals surface area contributed by atoms with Gasteiger partial charge in [0.25, 0.3) is 0 Å². The van der Waals surface area contributed by atoms with Gasteiger partial charge in [-0.25, -0.2) is 9.18 Å². The van der Waals surface area contributed by atoms with E-state index >= 15 is 0 Å². The van der Waals surface area contributed by atoms with Gasteiger partial charge in [0.2, 0.25) is 5.91 Å². The number of carboxylic acid groups (broad SMARTS) is 1. The predicted octanol–water partition coefficient (Wildman–Crippen LogP) is -0.0414. The molecule has 0 radical (unpaired) electrons. The number of hydrogen-bond acceptors (Lipinski definition) is 4. The van der Waals surface area contributed by atoms with Crippen molar-refractivity contribution in [3.05, 3.63) is 35.6 Å². The quantitative estimate of drug-likeness (QED) is 0.651. The van der Waals surface area contributed by atoms with E-state index in [0.29, 0.717) is 0 Å². The van der Waals surface area contributed by atoms with Crippen LogP contribution in [-0.4, -0.2) is 40.0 Å². The molecule has 2 unspecified atom stereocenters. The zero-order chi connectivity index (χ0) is 14.6. The number of aliphatic carboxylic acids is 1. The fourth-order valence-corrected chi connectivity index (χ4v) is 1.44. The van der Waals surface area contributed by atoms with E-state index in [-0.39, 0.29) is 5.56 Å². The third-order valence-electron chi connectivity index (χ3n) is 2.34. The zero-order valence-corrected chi connectivity index (χ0v) is 9.96. The number of hydrogen-bond donors (Lipinski definition) is 3. The number of benzene rings is 1. The lowest BCUT2D eigenvalue weighted by Crippen LogP contribution is -2.51. The molecular formula is C12H12FNO5. The minimum absolute atomic E-state index is 0.0135. The fraction of sp³-hybridized carbons (Fsp3) is 0.250. The number of carbonyl (C=O) groups excluding carboxylic acids is 2. The van der Waals surface area contributed by atoms with Crippen LogP contribution in [-0.2, 0) is 9.59 Å². The van der Waals surface area contributed by atoms with Crippen LogP contribution in [0, 0.1) is 5.82 Å². The molecule has 0 spiro atoms. The Labute approximate surface area is 107 Å². The van der Waals surface area contributed by atoms with E-state index in [9.17, 15) is 23.9 Å². The normalized spacial score (nSPS) is 13.4. The number of aliphatic hydroxyl groups excluding tert-OH is 1. The number of nitrogens with one attached hydrogen (secondary N) is 1. The third kappa shape index (κ3) is 3.85. The van der Waals surface area contributed by atoms with Gasteiger partial charge < -0.3 is 15.5 Å². The van der Waals surface area contributed by atoms with Crippen molar-refractivity contribution in [2.24, 2.45) is 0 Å². The Kier molecular flexibility index (Phi) is 4.71. The first-order valence-electron chi connectivity index (χ1n) is 5.30. The van der Waals surface area contributed by atoms with Gasteiger partial charge >= 0.3 is 5.97 Å². The Balaban J connectivity index is 3.03. The van der Waals surface area contributed by atoms with E-state index in [4.69, 9.17) is 5.11 Å². The molecule has 0 saturated carbocycles. The molecule has 102 valence electrons. The minimum atomic E-state index is -2.08. The number of amides is 1. The molecule has 2 atom stereocenters. The average molecular weight is 269 g/mol. The second-order valence-electron chi connectivity index (χ2n) is 3.83. The van der Waals surface area contributed by atoms with Crippen molar-refractivity contribution in [3.63, 3.8) is 0 Å². The second kappa shape index (κ2) is 6.05. The molecule has 1 rings (SSSR count). The molecule has 0 heterocycles. The maximum absolute atomic E-state index is 12.7. The monoisotopic (exact) mass is 269 g/mol. The van der Waals surface area contributed by atoms with Crippen LogP contribution in [0.3, 0.4) is 0 Å². The molecule has 0 fully saturated rings. The highest BCUT2D eigenvalue weighted by molar-refractivity contribution is 6.04. The van der Waals surface area contributed by atoms with Crippen molar-refractivity contribution >= 4 is 17.7 Å². The molecule has 1 aromatic carbocycles. The Morgan fingerprint density at radius 2 is 1.74 bits per heavy atom. The largest absolute Gasteiger partial charge is 0.479 e. The number of halogens is 1. The first-order chi connectivity index (χ1) is 8.82. The van der Waals surface area contributed by atoms with E-state index < -0.39 is 35.6 Å². The molecule has 0 aliphatic carbocycles. The highest BCUT2D eigenvalue weighted by atomic mass is 19.1. The minimum Gasteiger partial charge on any atom is -0.479 e. The van der Waals surface area contributed by atoms with E-state index in [0.717, 1.165) is 31.2 Å². The lowest BCUT2D eigenvalue weighted by molar-refractivity contribution is -0.147. The zero-order valence-electron chi connectivity index (χ0n) is 9.96. The maximum atomic E-state index is 12.7. The van der Waals surface area contributed by atoms with Gasteiger partial charge in [-0.3, -0.25) is 9.59 Å². The van der Waals surface area contributed by atoms with Crippen molar-refractivity contribution in [2.45, 2.75) is 19.1 Å². The molecule has 1 aromatic rings. The van der Waals surface area contributed by atoms with E-state index in [1.165, 1.54) is 0 Å². The first-order valence-corrected chi connectivity index (χ1v) is 5.30. The SMILES string of the molecule is CC(=O)NC(C(=O)c1ccc(F)cc1)C(O)C(=O)O.